The van der Waals surface area contributed by atoms with Crippen molar-refractivity contribution in [1.29, 1.82) is 0 Å². The van der Waals surface area contributed by atoms with E-state index < -0.39 is 11.3 Å². The first-order valence-electron chi connectivity index (χ1n) is 9.90. The minimum absolute atomic E-state index is 0.00621. The first-order valence-corrected chi connectivity index (χ1v) is 9.90. The Hall–Kier alpha value is -1.01. The monoisotopic (exact) mass is 386 g/mol. The number of rotatable bonds is 8. The van der Waals surface area contributed by atoms with Crippen LogP contribution in [0.3, 0.4) is 0 Å². The molecule has 2 atom stereocenters. The van der Waals surface area contributed by atoms with Crippen molar-refractivity contribution in [2.45, 2.75) is 65.8 Å². The lowest BCUT2D eigenvalue weighted by atomic mass is 9.81. The van der Waals surface area contributed by atoms with Crippen molar-refractivity contribution in [1.82, 2.24) is 10.2 Å². The molecule has 4 nitrogen and oxygen atoms in total. The second kappa shape index (κ2) is 7.78. The van der Waals surface area contributed by atoms with Gasteiger partial charge >= 0.3 is 0 Å². The summed E-state index contributed by atoms with van der Waals surface area (Å²) in [4.78, 5) is 14.3. The van der Waals surface area contributed by atoms with E-state index in [1.54, 1.807) is 13.0 Å². The lowest BCUT2D eigenvalue weighted by Gasteiger charge is -2.40. The molecule has 1 aliphatic carbocycles. The molecule has 1 aliphatic heterocycles. The van der Waals surface area contributed by atoms with Gasteiger partial charge in [-0.25, -0.2) is 8.78 Å². The number of halogens is 2. The highest BCUT2D eigenvalue weighted by Crippen LogP contribution is 2.60. The molecule has 0 aromatic heterocycles. The number of nitrogens with zero attached hydrogens (tertiary/aromatic N) is 1. The molecule has 156 valence electrons. The summed E-state index contributed by atoms with van der Waals surface area (Å²) in [5, 5.41) is 2.94. The van der Waals surface area contributed by atoms with Gasteiger partial charge in [-0.1, -0.05) is 40.7 Å². The predicted octanol–water partition coefficient (Wildman–Crippen LogP) is 3.87. The number of nitrogens with one attached hydrogen (secondary N) is 1. The van der Waals surface area contributed by atoms with Crippen molar-refractivity contribution in [3.8, 4) is 0 Å². The molecule has 2 aliphatic rings. The van der Waals surface area contributed by atoms with E-state index in [4.69, 9.17) is 4.74 Å². The number of ether oxygens (including phenoxy) is 1. The number of hydrogen-bond donors (Lipinski definition) is 1. The Morgan fingerprint density at radius 1 is 1.30 bits per heavy atom. The molecule has 2 fully saturated rings. The van der Waals surface area contributed by atoms with Crippen LogP contribution in [0, 0.1) is 16.2 Å². The molecule has 0 aromatic carbocycles. The first-order chi connectivity index (χ1) is 12.3. The second-order valence-corrected chi connectivity index (χ2v) is 10.2. The van der Waals surface area contributed by atoms with Gasteiger partial charge in [0.05, 0.1) is 12.6 Å². The smallest absolute Gasteiger partial charge is 0.255 e. The first kappa shape index (κ1) is 22.3. The second-order valence-electron chi connectivity index (χ2n) is 10.2. The van der Waals surface area contributed by atoms with Gasteiger partial charge < -0.3 is 15.0 Å². The van der Waals surface area contributed by atoms with Crippen molar-refractivity contribution in [3.05, 3.63) is 12.7 Å². The number of likely N-dealkylation sites (tertiary alicyclic amines) is 1. The summed E-state index contributed by atoms with van der Waals surface area (Å²) in [6.07, 6.45) is 3.55. The highest BCUT2D eigenvalue weighted by molar-refractivity contribution is 5.77. The predicted molar refractivity (Wildman–Crippen MR) is 104 cm³/mol. The maximum atomic E-state index is 13.4. The van der Waals surface area contributed by atoms with Gasteiger partial charge in [-0.15, -0.1) is 6.58 Å². The summed E-state index contributed by atoms with van der Waals surface area (Å²) in [5.41, 5.74) is -0.944. The van der Waals surface area contributed by atoms with Crippen LogP contribution in [0.5, 0.6) is 0 Å². The summed E-state index contributed by atoms with van der Waals surface area (Å²) in [6, 6.07) is -0.102. The summed E-state index contributed by atoms with van der Waals surface area (Å²) in [7, 11) is 0. The van der Waals surface area contributed by atoms with Gasteiger partial charge in [0, 0.05) is 18.4 Å². The zero-order chi connectivity index (χ0) is 20.5. The maximum absolute atomic E-state index is 13.4. The van der Waals surface area contributed by atoms with Gasteiger partial charge in [0.25, 0.3) is 5.92 Å². The van der Waals surface area contributed by atoms with Crippen LogP contribution < -0.4 is 5.32 Å². The molecule has 1 N–H and O–H groups in total. The van der Waals surface area contributed by atoms with Crippen LogP contribution in [-0.4, -0.2) is 55.6 Å². The lowest BCUT2D eigenvalue weighted by Crippen LogP contribution is -2.45. The zero-order valence-corrected chi connectivity index (χ0v) is 17.5. The molecule has 2 rings (SSSR count). The fourth-order valence-corrected chi connectivity index (χ4v) is 3.74. The molecule has 1 amide bonds. The Bertz CT molecular complexity index is 551. The van der Waals surface area contributed by atoms with Crippen LogP contribution >= 0.6 is 0 Å². The standard InChI is InChI=1S/C21H36F2N2O2/c1-7-16(18(2,3)4)24-17(26)12-27-15-19(5)8-10-25(11-9-19)14-20(6)13-21(20,22)23/h7,16H,1,8-15H2,2-6H3,(H,24,26)/t16-,20-/m1/s1. The summed E-state index contributed by atoms with van der Waals surface area (Å²) in [5.74, 6) is -2.64. The van der Waals surface area contributed by atoms with E-state index in [0.29, 0.717) is 13.2 Å². The molecule has 6 heteroatoms. The quantitative estimate of drug-likeness (QED) is 0.644. The van der Waals surface area contributed by atoms with Gasteiger partial charge in [-0.3, -0.25) is 4.79 Å². The third-order valence-corrected chi connectivity index (χ3v) is 6.17. The van der Waals surface area contributed by atoms with Crippen LogP contribution in [0.25, 0.3) is 0 Å². The highest BCUT2D eigenvalue weighted by Gasteiger charge is 2.68. The SMILES string of the molecule is C=C[C@@H](NC(=O)COCC1(C)CCN(C[C@@]2(C)CC2(F)F)CC1)C(C)(C)C. The molecular formula is C21H36F2N2O2. The zero-order valence-electron chi connectivity index (χ0n) is 17.5. The minimum Gasteiger partial charge on any atom is -0.371 e. The Morgan fingerprint density at radius 2 is 1.85 bits per heavy atom. The van der Waals surface area contributed by atoms with Crippen LogP contribution in [0.4, 0.5) is 8.78 Å². The molecular weight excluding hydrogens is 350 g/mol. The summed E-state index contributed by atoms with van der Waals surface area (Å²) < 4.78 is 32.6. The minimum atomic E-state index is -2.50. The average molecular weight is 387 g/mol. The van der Waals surface area contributed by atoms with Crippen molar-refractivity contribution in [3.63, 3.8) is 0 Å². The Labute approximate surface area is 162 Å². The van der Waals surface area contributed by atoms with Crippen LogP contribution in [0.1, 0.15) is 53.9 Å². The van der Waals surface area contributed by atoms with Crippen LogP contribution in [0.15, 0.2) is 12.7 Å². The van der Waals surface area contributed by atoms with Gasteiger partial charge in [0.15, 0.2) is 0 Å². The number of amides is 1. The maximum Gasteiger partial charge on any atom is 0.255 e. The fraction of sp³-hybridized carbons (Fsp3) is 0.857. The normalized spacial score (nSPS) is 28.4. The fourth-order valence-electron chi connectivity index (χ4n) is 3.74. The van der Waals surface area contributed by atoms with Crippen LogP contribution in [-0.2, 0) is 9.53 Å². The van der Waals surface area contributed by atoms with E-state index in [2.05, 4.69) is 23.7 Å². The van der Waals surface area contributed by atoms with Crippen LogP contribution in [0.2, 0.25) is 0 Å². The van der Waals surface area contributed by atoms with Crippen molar-refractivity contribution in [2.24, 2.45) is 16.2 Å². The molecule has 0 bridgehead atoms. The van der Waals surface area contributed by atoms with E-state index in [9.17, 15) is 13.6 Å². The van der Waals surface area contributed by atoms with E-state index in [0.717, 1.165) is 25.9 Å². The molecule has 1 heterocycles. The van der Waals surface area contributed by atoms with Gasteiger partial charge in [0.1, 0.15) is 6.61 Å². The van der Waals surface area contributed by atoms with Crippen molar-refractivity contribution < 1.29 is 18.3 Å². The molecule has 0 radical (unpaired) electrons. The molecule has 0 aromatic rings. The van der Waals surface area contributed by atoms with E-state index in [-0.39, 0.29) is 35.8 Å². The van der Waals surface area contributed by atoms with Gasteiger partial charge in [-0.05, 0) is 36.8 Å². The molecule has 1 saturated carbocycles. The highest BCUT2D eigenvalue weighted by atomic mass is 19.3. The molecule has 0 unspecified atom stereocenters. The van der Waals surface area contributed by atoms with Crippen molar-refractivity contribution in [2.75, 3.05) is 32.8 Å². The topological polar surface area (TPSA) is 41.6 Å². The van der Waals surface area contributed by atoms with Crippen molar-refractivity contribution >= 4 is 5.91 Å². The average Bonchev–Trinajstić information content (AvgIpc) is 3.03. The Morgan fingerprint density at radius 3 is 2.30 bits per heavy atom. The summed E-state index contributed by atoms with van der Waals surface area (Å²) >= 11 is 0. The van der Waals surface area contributed by atoms with Gasteiger partial charge in [0.2, 0.25) is 5.91 Å². The Kier molecular flexibility index (Phi) is 6.42. The van der Waals surface area contributed by atoms with E-state index in [1.807, 2.05) is 20.8 Å². The third kappa shape index (κ3) is 5.74. The molecule has 0 spiro atoms. The number of carbonyl (C=O) groups excluding carboxylic acids is 1. The lowest BCUT2D eigenvalue weighted by molar-refractivity contribution is -0.128. The van der Waals surface area contributed by atoms with E-state index >= 15 is 0 Å². The number of piperidine rings is 1. The largest absolute Gasteiger partial charge is 0.371 e. The molecule has 27 heavy (non-hydrogen) atoms. The Balaban J connectivity index is 1.69. The summed E-state index contributed by atoms with van der Waals surface area (Å²) in [6.45, 7) is 16.4. The molecule has 1 saturated heterocycles. The van der Waals surface area contributed by atoms with E-state index in [1.165, 1.54) is 0 Å². The van der Waals surface area contributed by atoms with Gasteiger partial charge in [-0.2, -0.15) is 0 Å². The number of hydrogen-bond acceptors (Lipinski definition) is 3. The number of alkyl halides is 2. The number of carbonyl (C=O) groups is 1. The third-order valence-electron chi connectivity index (χ3n) is 6.17.